The average molecular weight is 391 g/mol. The molecule has 0 aliphatic heterocycles. The molecule has 3 aromatic heterocycles. The Hall–Kier alpha value is -3.52. The van der Waals surface area contributed by atoms with Crippen LogP contribution in [-0.4, -0.2) is 25.3 Å². The number of aromatic nitrogens is 4. The first kappa shape index (κ1) is 16.6. The van der Waals surface area contributed by atoms with E-state index in [9.17, 15) is 9.18 Å². The van der Waals surface area contributed by atoms with Crippen molar-refractivity contribution in [1.82, 2.24) is 19.4 Å². The number of rotatable bonds is 4. The highest BCUT2D eigenvalue weighted by Crippen LogP contribution is 2.24. The van der Waals surface area contributed by atoms with Gasteiger partial charge in [0.05, 0.1) is 23.1 Å². The number of benzene rings is 2. The van der Waals surface area contributed by atoms with E-state index in [-0.39, 0.29) is 18.1 Å². The molecule has 0 atom stereocenters. The predicted molar refractivity (Wildman–Crippen MR) is 107 cm³/mol. The van der Waals surface area contributed by atoms with Crippen molar-refractivity contribution in [2.24, 2.45) is 0 Å². The number of fused-ring (bicyclic) bond motifs is 2. The zero-order valence-corrected chi connectivity index (χ0v) is 15.3. The van der Waals surface area contributed by atoms with E-state index in [0.717, 1.165) is 32.9 Å². The summed E-state index contributed by atoms with van der Waals surface area (Å²) in [6.45, 7) is 0. The van der Waals surface area contributed by atoms with Crippen LogP contribution in [0.4, 0.5) is 10.3 Å². The van der Waals surface area contributed by atoms with E-state index < -0.39 is 0 Å². The number of halogens is 1. The van der Waals surface area contributed by atoms with Gasteiger partial charge in [-0.25, -0.2) is 14.4 Å². The summed E-state index contributed by atoms with van der Waals surface area (Å²) in [6.07, 6.45) is 2.05. The Labute approximate surface area is 162 Å². The van der Waals surface area contributed by atoms with Crippen LogP contribution in [0.25, 0.3) is 27.3 Å². The molecule has 0 unspecified atom stereocenters. The molecule has 0 saturated carbocycles. The number of imidazole rings is 2. The van der Waals surface area contributed by atoms with Gasteiger partial charge < -0.3 is 4.98 Å². The average Bonchev–Trinajstić information content (AvgIpc) is 3.37. The van der Waals surface area contributed by atoms with Gasteiger partial charge in [0.15, 0.2) is 4.96 Å². The van der Waals surface area contributed by atoms with E-state index in [2.05, 4.69) is 20.3 Å². The molecule has 138 valence electrons. The number of aromatic amines is 1. The fraction of sp³-hybridized carbons (Fsp3) is 0.0500. The van der Waals surface area contributed by atoms with Gasteiger partial charge in [0.1, 0.15) is 5.82 Å². The molecule has 5 aromatic rings. The molecule has 0 radical (unpaired) electrons. The minimum atomic E-state index is -0.285. The van der Waals surface area contributed by atoms with E-state index in [1.54, 1.807) is 12.1 Å². The lowest BCUT2D eigenvalue weighted by atomic mass is 10.2. The zero-order valence-electron chi connectivity index (χ0n) is 14.5. The van der Waals surface area contributed by atoms with Gasteiger partial charge in [0.2, 0.25) is 11.9 Å². The van der Waals surface area contributed by atoms with Crippen LogP contribution in [0.2, 0.25) is 0 Å². The summed E-state index contributed by atoms with van der Waals surface area (Å²) < 4.78 is 15.0. The minimum absolute atomic E-state index is 0.171. The van der Waals surface area contributed by atoms with Gasteiger partial charge in [0, 0.05) is 22.8 Å². The van der Waals surface area contributed by atoms with Gasteiger partial charge in [-0.2, -0.15) is 0 Å². The fourth-order valence-electron chi connectivity index (χ4n) is 3.07. The van der Waals surface area contributed by atoms with Gasteiger partial charge in [-0.1, -0.05) is 12.1 Å². The number of hydrogen-bond acceptors (Lipinski definition) is 4. The molecule has 0 aliphatic rings. The van der Waals surface area contributed by atoms with Gasteiger partial charge in [-0.15, -0.1) is 11.3 Å². The lowest BCUT2D eigenvalue weighted by Crippen LogP contribution is -2.16. The first-order chi connectivity index (χ1) is 13.7. The summed E-state index contributed by atoms with van der Waals surface area (Å²) >= 11 is 1.46. The topological polar surface area (TPSA) is 75.1 Å². The lowest BCUT2D eigenvalue weighted by molar-refractivity contribution is -0.115. The summed E-state index contributed by atoms with van der Waals surface area (Å²) in [5.41, 5.74) is 4.07. The van der Waals surface area contributed by atoms with E-state index >= 15 is 0 Å². The van der Waals surface area contributed by atoms with Crippen LogP contribution in [0.1, 0.15) is 5.69 Å². The summed E-state index contributed by atoms with van der Waals surface area (Å²) in [5.74, 6) is -0.0289. The third-order valence-electron chi connectivity index (χ3n) is 4.41. The number of H-pyrrole nitrogens is 1. The van der Waals surface area contributed by atoms with Crippen molar-refractivity contribution in [3.05, 3.63) is 71.6 Å². The number of nitrogens with one attached hydrogen (secondary N) is 2. The standard InChI is InChI=1S/C20H14FN5OS/c21-13-7-5-12(6-8-13)17-10-26-14(11-28-20(26)24-17)9-18(27)25-19-22-15-3-1-2-4-16(15)23-19/h1-8,10-11H,9H2,(H2,22,23,25,27). The number of nitrogens with zero attached hydrogens (tertiary/aromatic N) is 3. The molecule has 1 amide bonds. The van der Waals surface area contributed by atoms with Crippen LogP contribution >= 0.6 is 11.3 Å². The maximum Gasteiger partial charge on any atom is 0.232 e. The van der Waals surface area contributed by atoms with Crippen molar-refractivity contribution in [1.29, 1.82) is 0 Å². The maximum atomic E-state index is 13.1. The van der Waals surface area contributed by atoms with Crippen LogP contribution in [0.5, 0.6) is 0 Å². The highest BCUT2D eigenvalue weighted by atomic mass is 32.1. The highest BCUT2D eigenvalue weighted by molar-refractivity contribution is 7.15. The molecule has 28 heavy (non-hydrogen) atoms. The zero-order chi connectivity index (χ0) is 19.1. The Kier molecular flexibility index (Phi) is 3.91. The molecule has 0 aliphatic carbocycles. The molecular weight excluding hydrogens is 377 g/mol. The lowest BCUT2D eigenvalue weighted by Gasteiger charge is -2.01. The molecule has 2 N–H and O–H groups in total. The maximum absolute atomic E-state index is 13.1. The molecule has 8 heteroatoms. The number of carbonyl (C=O) groups excluding carboxylic acids is 1. The second-order valence-corrected chi connectivity index (χ2v) is 7.18. The monoisotopic (exact) mass is 391 g/mol. The number of thiazole rings is 1. The molecule has 0 saturated heterocycles. The third kappa shape index (κ3) is 3.03. The van der Waals surface area contributed by atoms with Gasteiger partial charge in [0.25, 0.3) is 0 Å². The molecular formula is C20H14FN5OS. The summed E-state index contributed by atoms with van der Waals surface area (Å²) in [4.78, 5) is 25.3. The van der Waals surface area contributed by atoms with Crippen LogP contribution in [0.15, 0.2) is 60.1 Å². The molecule has 3 heterocycles. The summed E-state index contributed by atoms with van der Waals surface area (Å²) in [5, 5.41) is 4.71. The van der Waals surface area contributed by atoms with Crippen LogP contribution in [0, 0.1) is 5.82 Å². The normalized spacial score (nSPS) is 11.3. The number of amides is 1. The van der Waals surface area contributed by atoms with E-state index in [1.807, 2.05) is 40.2 Å². The third-order valence-corrected chi connectivity index (χ3v) is 5.30. The molecule has 5 rings (SSSR count). The second-order valence-electron chi connectivity index (χ2n) is 6.34. The quantitative estimate of drug-likeness (QED) is 0.481. The molecule has 2 aromatic carbocycles. The SMILES string of the molecule is O=C(Cc1csc2nc(-c3ccc(F)cc3)cn12)Nc1nc2ccccc2[nH]1. The number of hydrogen-bond donors (Lipinski definition) is 2. The number of para-hydroxylation sites is 2. The van der Waals surface area contributed by atoms with Gasteiger partial charge in [-0.05, 0) is 36.4 Å². The largest absolute Gasteiger partial charge is 0.324 e. The van der Waals surface area contributed by atoms with Gasteiger partial charge in [-0.3, -0.25) is 14.5 Å². The van der Waals surface area contributed by atoms with Crippen molar-refractivity contribution in [2.75, 3.05) is 5.32 Å². The highest BCUT2D eigenvalue weighted by Gasteiger charge is 2.14. The van der Waals surface area contributed by atoms with Crippen molar-refractivity contribution < 1.29 is 9.18 Å². The van der Waals surface area contributed by atoms with Gasteiger partial charge >= 0.3 is 0 Å². The summed E-state index contributed by atoms with van der Waals surface area (Å²) in [7, 11) is 0. The minimum Gasteiger partial charge on any atom is -0.324 e. The Morgan fingerprint density at radius 1 is 1.14 bits per heavy atom. The van der Waals surface area contributed by atoms with Crippen LogP contribution in [0.3, 0.4) is 0 Å². The predicted octanol–water partition coefficient (Wildman–Crippen LogP) is 4.26. The Balaban J connectivity index is 1.37. The smallest absolute Gasteiger partial charge is 0.232 e. The first-order valence-electron chi connectivity index (χ1n) is 8.62. The fourth-order valence-corrected chi connectivity index (χ4v) is 3.94. The van der Waals surface area contributed by atoms with Crippen molar-refractivity contribution in [3.8, 4) is 11.3 Å². The van der Waals surface area contributed by atoms with Crippen LogP contribution < -0.4 is 5.32 Å². The van der Waals surface area contributed by atoms with Crippen molar-refractivity contribution in [3.63, 3.8) is 0 Å². The van der Waals surface area contributed by atoms with Crippen molar-refractivity contribution in [2.45, 2.75) is 6.42 Å². The van der Waals surface area contributed by atoms with Crippen molar-refractivity contribution >= 4 is 39.2 Å². The second kappa shape index (κ2) is 6.58. The van der Waals surface area contributed by atoms with E-state index in [0.29, 0.717) is 5.95 Å². The van der Waals surface area contributed by atoms with E-state index in [1.165, 1.54) is 23.5 Å². The van der Waals surface area contributed by atoms with Crippen LogP contribution in [-0.2, 0) is 11.2 Å². The Morgan fingerprint density at radius 3 is 2.79 bits per heavy atom. The Bertz CT molecular complexity index is 1270. The molecule has 0 bridgehead atoms. The Morgan fingerprint density at radius 2 is 1.96 bits per heavy atom. The first-order valence-corrected chi connectivity index (χ1v) is 9.50. The molecule has 0 fully saturated rings. The number of anilines is 1. The van der Waals surface area contributed by atoms with E-state index in [4.69, 9.17) is 0 Å². The molecule has 6 nitrogen and oxygen atoms in total. The summed E-state index contributed by atoms with van der Waals surface area (Å²) in [6, 6.07) is 13.8. The molecule has 0 spiro atoms. The number of carbonyl (C=O) groups is 1.